The highest BCUT2D eigenvalue weighted by molar-refractivity contribution is 6.18. The Morgan fingerprint density at radius 2 is 2.12 bits per heavy atom. The number of benzene rings is 1. The molecule has 132 valence electrons. The van der Waals surface area contributed by atoms with Crippen molar-refractivity contribution in [3.63, 3.8) is 0 Å². The number of hydrogen-bond acceptors (Lipinski definition) is 4. The summed E-state index contributed by atoms with van der Waals surface area (Å²) in [5.74, 6) is -0.665. The third kappa shape index (κ3) is 2.69. The number of aromatic nitrogens is 1. The zero-order valence-corrected chi connectivity index (χ0v) is 14.3. The van der Waals surface area contributed by atoms with Crippen LogP contribution >= 0.6 is 0 Å². The Bertz CT molecular complexity index is 998. The highest BCUT2D eigenvalue weighted by Crippen LogP contribution is 2.31. The fraction of sp³-hybridized carbons (Fsp3) is 0.200. The maximum atomic E-state index is 12.7. The van der Waals surface area contributed by atoms with E-state index < -0.39 is 5.97 Å². The smallest absolute Gasteiger partial charge is 0.341 e. The van der Waals surface area contributed by atoms with Gasteiger partial charge in [-0.15, -0.1) is 0 Å². The largest absolute Gasteiger partial charge is 0.472 e. The summed E-state index contributed by atoms with van der Waals surface area (Å²) in [5, 5.41) is 1.05. The SMILES string of the molecule is CCOC(=O)C1=CN(C(=O)c2ccoc2)CCc2c1[nH]c1ccccc21. The molecule has 26 heavy (non-hydrogen) atoms. The van der Waals surface area contributed by atoms with E-state index in [-0.39, 0.29) is 12.5 Å². The number of carbonyl (C=O) groups is 2. The number of nitrogens with zero attached hydrogens (tertiary/aromatic N) is 1. The molecule has 4 rings (SSSR count). The first-order valence-electron chi connectivity index (χ1n) is 8.51. The number of amides is 1. The highest BCUT2D eigenvalue weighted by atomic mass is 16.5. The maximum absolute atomic E-state index is 12.7. The molecule has 0 radical (unpaired) electrons. The molecule has 1 aliphatic rings. The van der Waals surface area contributed by atoms with Crippen LogP contribution in [0.4, 0.5) is 0 Å². The van der Waals surface area contributed by atoms with E-state index in [0.717, 1.165) is 16.5 Å². The molecule has 0 saturated heterocycles. The first-order valence-corrected chi connectivity index (χ1v) is 8.51. The van der Waals surface area contributed by atoms with E-state index in [0.29, 0.717) is 29.8 Å². The minimum Gasteiger partial charge on any atom is -0.472 e. The number of rotatable bonds is 3. The molecular formula is C20H18N2O4. The van der Waals surface area contributed by atoms with Crippen molar-refractivity contribution in [2.75, 3.05) is 13.2 Å². The second kappa shape index (κ2) is 6.55. The molecule has 0 bridgehead atoms. The molecule has 3 heterocycles. The second-order valence-corrected chi connectivity index (χ2v) is 6.05. The monoisotopic (exact) mass is 350 g/mol. The minimum absolute atomic E-state index is 0.213. The van der Waals surface area contributed by atoms with Crippen molar-refractivity contribution in [1.82, 2.24) is 9.88 Å². The van der Waals surface area contributed by atoms with Crippen molar-refractivity contribution < 1.29 is 18.7 Å². The van der Waals surface area contributed by atoms with Crippen LogP contribution in [0.15, 0.2) is 53.5 Å². The molecule has 1 aromatic carbocycles. The Kier molecular flexibility index (Phi) is 4.08. The zero-order chi connectivity index (χ0) is 18.1. The van der Waals surface area contributed by atoms with Crippen molar-refractivity contribution in [3.05, 3.63) is 65.9 Å². The van der Waals surface area contributed by atoms with Crippen LogP contribution in [0.3, 0.4) is 0 Å². The first kappa shape index (κ1) is 16.2. The molecule has 6 heteroatoms. The molecule has 0 fully saturated rings. The van der Waals surface area contributed by atoms with Gasteiger partial charge in [-0.3, -0.25) is 4.79 Å². The third-order valence-electron chi connectivity index (χ3n) is 4.49. The van der Waals surface area contributed by atoms with Crippen LogP contribution in [0.1, 0.15) is 28.5 Å². The number of esters is 1. The van der Waals surface area contributed by atoms with Gasteiger partial charge in [-0.1, -0.05) is 18.2 Å². The van der Waals surface area contributed by atoms with Gasteiger partial charge in [-0.05, 0) is 31.0 Å². The molecule has 0 aliphatic carbocycles. The average molecular weight is 350 g/mol. The molecule has 1 N–H and O–H groups in total. The summed E-state index contributed by atoms with van der Waals surface area (Å²) in [7, 11) is 0. The van der Waals surface area contributed by atoms with E-state index in [1.54, 1.807) is 24.1 Å². The summed E-state index contributed by atoms with van der Waals surface area (Å²) in [6.07, 6.45) is 5.06. The fourth-order valence-electron chi connectivity index (χ4n) is 3.28. The van der Waals surface area contributed by atoms with Crippen LogP contribution < -0.4 is 0 Å². The zero-order valence-electron chi connectivity index (χ0n) is 14.3. The lowest BCUT2D eigenvalue weighted by Crippen LogP contribution is -2.27. The number of nitrogens with one attached hydrogen (secondary N) is 1. The second-order valence-electron chi connectivity index (χ2n) is 6.05. The Labute approximate surface area is 150 Å². The molecule has 3 aromatic rings. The van der Waals surface area contributed by atoms with Gasteiger partial charge in [0.1, 0.15) is 6.26 Å². The van der Waals surface area contributed by atoms with Gasteiger partial charge in [-0.2, -0.15) is 0 Å². The number of carbonyl (C=O) groups excluding carboxylic acids is 2. The van der Waals surface area contributed by atoms with Gasteiger partial charge in [0.05, 0.1) is 29.7 Å². The summed E-state index contributed by atoms with van der Waals surface area (Å²) >= 11 is 0. The number of hydrogen-bond donors (Lipinski definition) is 1. The maximum Gasteiger partial charge on any atom is 0.341 e. The van der Waals surface area contributed by atoms with E-state index in [1.165, 1.54) is 12.5 Å². The predicted octanol–water partition coefficient (Wildman–Crippen LogP) is 3.36. The quantitative estimate of drug-likeness (QED) is 0.735. The molecule has 0 unspecified atom stereocenters. The molecule has 1 aliphatic heterocycles. The van der Waals surface area contributed by atoms with Crippen molar-refractivity contribution in [2.24, 2.45) is 0 Å². The lowest BCUT2D eigenvalue weighted by atomic mass is 10.0. The Morgan fingerprint density at radius 3 is 2.88 bits per heavy atom. The van der Waals surface area contributed by atoms with Crippen LogP contribution in [-0.4, -0.2) is 34.9 Å². The van der Waals surface area contributed by atoms with Gasteiger partial charge in [0.2, 0.25) is 0 Å². The number of H-pyrrole nitrogens is 1. The summed E-state index contributed by atoms with van der Waals surface area (Å²) in [5.41, 5.74) is 3.49. The normalized spacial score (nSPS) is 13.9. The summed E-state index contributed by atoms with van der Waals surface area (Å²) in [4.78, 5) is 30.2. The fourth-order valence-corrected chi connectivity index (χ4v) is 3.28. The molecular weight excluding hydrogens is 332 g/mol. The van der Waals surface area contributed by atoms with Crippen molar-refractivity contribution in [1.29, 1.82) is 0 Å². The number of fused-ring (bicyclic) bond motifs is 3. The van der Waals surface area contributed by atoms with Crippen LogP contribution in [0.25, 0.3) is 16.5 Å². The van der Waals surface area contributed by atoms with Gasteiger partial charge >= 0.3 is 5.97 Å². The van der Waals surface area contributed by atoms with E-state index in [4.69, 9.17) is 9.15 Å². The van der Waals surface area contributed by atoms with Crippen LogP contribution in [0.2, 0.25) is 0 Å². The van der Waals surface area contributed by atoms with E-state index in [2.05, 4.69) is 4.98 Å². The van der Waals surface area contributed by atoms with Gasteiger partial charge in [0, 0.05) is 23.6 Å². The van der Waals surface area contributed by atoms with Crippen LogP contribution in [0, 0.1) is 0 Å². The average Bonchev–Trinajstić information content (AvgIpc) is 3.26. The molecule has 0 saturated carbocycles. The first-order chi connectivity index (χ1) is 12.7. The number of ether oxygens (including phenoxy) is 1. The lowest BCUT2D eigenvalue weighted by molar-refractivity contribution is -0.136. The molecule has 6 nitrogen and oxygen atoms in total. The number of aromatic amines is 1. The number of para-hydroxylation sites is 1. The van der Waals surface area contributed by atoms with E-state index >= 15 is 0 Å². The molecule has 2 aromatic heterocycles. The minimum atomic E-state index is -0.452. The topological polar surface area (TPSA) is 75.5 Å². The summed E-state index contributed by atoms with van der Waals surface area (Å²) in [6, 6.07) is 9.51. The lowest BCUT2D eigenvalue weighted by Gasteiger charge is -2.16. The standard InChI is InChI=1S/C20H18N2O4/c1-2-26-20(24)16-11-22(19(23)13-8-10-25-12-13)9-7-15-14-5-3-4-6-17(14)21-18(15)16/h3-6,8,10-12,21H,2,7,9H2,1H3. The highest BCUT2D eigenvalue weighted by Gasteiger charge is 2.27. The Balaban J connectivity index is 1.82. The van der Waals surface area contributed by atoms with Gasteiger partial charge in [0.15, 0.2) is 0 Å². The van der Waals surface area contributed by atoms with Crippen LogP contribution in [0.5, 0.6) is 0 Å². The van der Waals surface area contributed by atoms with Crippen LogP contribution in [-0.2, 0) is 16.0 Å². The summed E-state index contributed by atoms with van der Waals surface area (Å²) in [6.45, 7) is 2.48. The van der Waals surface area contributed by atoms with Crippen molar-refractivity contribution in [3.8, 4) is 0 Å². The molecule has 1 amide bonds. The van der Waals surface area contributed by atoms with Crippen molar-refractivity contribution >= 4 is 28.4 Å². The van der Waals surface area contributed by atoms with Gasteiger partial charge in [-0.25, -0.2) is 4.79 Å². The summed E-state index contributed by atoms with van der Waals surface area (Å²) < 4.78 is 10.2. The van der Waals surface area contributed by atoms with Gasteiger partial charge in [0.25, 0.3) is 5.91 Å². The van der Waals surface area contributed by atoms with Gasteiger partial charge < -0.3 is 19.0 Å². The van der Waals surface area contributed by atoms with E-state index in [1.807, 2.05) is 24.3 Å². The Hall–Kier alpha value is -3.28. The van der Waals surface area contributed by atoms with E-state index in [9.17, 15) is 9.59 Å². The molecule has 0 spiro atoms. The Morgan fingerprint density at radius 1 is 1.27 bits per heavy atom. The molecule has 0 atom stereocenters. The van der Waals surface area contributed by atoms with Crippen molar-refractivity contribution in [2.45, 2.75) is 13.3 Å². The predicted molar refractivity (Wildman–Crippen MR) is 96.4 cm³/mol. The number of furan rings is 1. The third-order valence-corrected chi connectivity index (χ3v) is 4.49.